The van der Waals surface area contributed by atoms with E-state index in [1.54, 1.807) is 0 Å². The molecule has 0 N–H and O–H groups in total. The number of hydrogen-bond acceptors (Lipinski definition) is 3. The van der Waals surface area contributed by atoms with E-state index in [2.05, 4.69) is 62.4 Å². The fraction of sp³-hybridized carbons (Fsp3) is 0.0645. The molecular weight excluding hydrogens is 420 g/mol. The largest absolute Gasteiger partial charge is 0.455 e. The fourth-order valence-electron chi connectivity index (χ4n) is 4.60. The van der Waals surface area contributed by atoms with Crippen LogP contribution in [0.4, 0.5) is 0 Å². The molecule has 1 aliphatic rings. The van der Waals surface area contributed by atoms with Gasteiger partial charge in [0, 0.05) is 27.6 Å². The Morgan fingerprint density at radius 3 is 2.12 bits per heavy atom. The highest BCUT2D eigenvalue weighted by molar-refractivity contribution is 6.32. The van der Waals surface area contributed by atoms with Gasteiger partial charge in [-0.25, -0.2) is 4.79 Å². The summed E-state index contributed by atoms with van der Waals surface area (Å²) in [5.41, 5.74) is 8.06. The lowest BCUT2D eigenvalue weighted by atomic mass is 9.87. The average Bonchev–Trinajstić information content (AvgIpc) is 3.39. The van der Waals surface area contributed by atoms with Crippen LogP contribution in [0.2, 0.25) is 0 Å². The Morgan fingerprint density at radius 1 is 0.706 bits per heavy atom. The molecule has 0 saturated carbocycles. The molecule has 0 amide bonds. The number of benzene rings is 4. The van der Waals surface area contributed by atoms with Crippen molar-refractivity contribution in [1.29, 1.82) is 0 Å². The minimum atomic E-state index is -0.350. The van der Waals surface area contributed by atoms with Gasteiger partial charge >= 0.3 is 5.97 Å². The van der Waals surface area contributed by atoms with Crippen molar-refractivity contribution < 1.29 is 13.9 Å². The summed E-state index contributed by atoms with van der Waals surface area (Å²) in [6.45, 7) is 4.12. The van der Waals surface area contributed by atoms with Gasteiger partial charge in [0.25, 0.3) is 0 Å². The molecule has 0 atom stereocenters. The number of hydrogen-bond donors (Lipinski definition) is 0. The zero-order valence-electron chi connectivity index (χ0n) is 19.0. The maximum absolute atomic E-state index is 13.3. The summed E-state index contributed by atoms with van der Waals surface area (Å²) < 4.78 is 12.1. The summed E-state index contributed by atoms with van der Waals surface area (Å²) in [6, 6.07) is 32.1. The molecule has 2 heterocycles. The second-order valence-electron chi connectivity index (χ2n) is 8.67. The van der Waals surface area contributed by atoms with E-state index in [0.717, 1.165) is 50.1 Å². The van der Waals surface area contributed by atoms with Crippen LogP contribution in [0.5, 0.6) is 5.75 Å². The summed E-state index contributed by atoms with van der Waals surface area (Å²) in [7, 11) is 0. The van der Waals surface area contributed by atoms with Gasteiger partial charge in [0.1, 0.15) is 17.1 Å². The van der Waals surface area contributed by atoms with Crippen LogP contribution in [0.15, 0.2) is 101 Å². The van der Waals surface area contributed by atoms with E-state index in [1.807, 2.05) is 48.5 Å². The van der Waals surface area contributed by atoms with Crippen LogP contribution in [0, 0.1) is 13.8 Å². The van der Waals surface area contributed by atoms with Crippen LogP contribution in [-0.4, -0.2) is 5.97 Å². The first-order valence-electron chi connectivity index (χ1n) is 11.3. The summed E-state index contributed by atoms with van der Waals surface area (Å²) in [6.07, 6.45) is 0. The summed E-state index contributed by atoms with van der Waals surface area (Å²) >= 11 is 0. The van der Waals surface area contributed by atoms with Crippen LogP contribution < -0.4 is 4.74 Å². The van der Waals surface area contributed by atoms with Crippen molar-refractivity contribution >= 4 is 28.1 Å². The molecule has 1 aromatic heterocycles. The first kappa shape index (κ1) is 20.3. The summed E-state index contributed by atoms with van der Waals surface area (Å²) in [5.74, 6) is 0.968. The summed E-state index contributed by atoms with van der Waals surface area (Å²) in [4.78, 5) is 13.3. The fourth-order valence-corrected chi connectivity index (χ4v) is 4.60. The molecule has 0 unspecified atom stereocenters. The van der Waals surface area contributed by atoms with Crippen LogP contribution in [-0.2, 0) is 4.79 Å². The van der Waals surface area contributed by atoms with Gasteiger partial charge in [-0.1, -0.05) is 96.1 Å². The van der Waals surface area contributed by atoms with Gasteiger partial charge in [0.05, 0.1) is 5.57 Å². The average molecular weight is 443 g/mol. The number of fused-ring (bicyclic) bond motifs is 2. The summed E-state index contributed by atoms with van der Waals surface area (Å²) in [5, 5.41) is 0.957. The third-order valence-electron chi connectivity index (χ3n) is 6.31. The lowest BCUT2D eigenvalue weighted by Gasteiger charge is -2.13. The van der Waals surface area contributed by atoms with E-state index in [1.165, 1.54) is 5.56 Å². The van der Waals surface area contributed by atoms with Gasteiger partial charge in [0.15, 0.2) is 0 Å². The molecule has 0 fully saturated rings. The number of para-hydroxylation sites is 2. The molecule has 164 valence electrons. The molecule has 0 aliphatic carbocycles. The SMILES string of the molecule is Cc1ccc(/C(=C2/C(=O)Oc3ccccc32)c2c(-c3ccc(C)cc3)oc3ccccc23)cc1. The maximum Gasteiger partial charge on any atom is 0.344 e. The van der Waals surface area contributed by atoms with E-state index in [4.69, 9.17) is 9.15 Å². The molecule has 0 radical (unpaired) electrons. The molecule has 1 aliphatic heterocycles. The predicted octanol–water partition coefficient (Wildman–Crippen LogP) is 7.59. The highest BCUT2D eigenvalue weighted by Crippen LogP contribution is 2.47. The smallest absolute Gasteiger partial charge is 0.344 e. The third kappa shape index (κ3) is 3.25. The van der Waals surface area contributed by atoms with Crippen molar-refractivity contribution in [2.45, 2.75) is 13.8 Å². The van der Waals surface area contributed by atoms with Gasteiger partial charge in [-0.2, -0.15) is 0 Å². The molecule has 5 aromatic rings. The minimum Gasteiger partial charge on any atom is -0.455 e. The Hall–Kier alpha value is -4.37. The first-order valence-corrected chi connectivity index (χ1v) is 11.3. The molecule has 3 nitrogen and oxygen atoms in total. The number of esters is 1. The quantitative estimate of drug-likeness (QED) is 0.164. The van der Waals surface area contributed by atoms with Gasteiger partial charge < -0.3 is 9.15 Å². The molecule has 3 heteroatoms. The van der Waals surface area contributed by atoms with Gasteiger partial charge in [-0.3, -0.25) is 0 Å². The maximum atomic E-state index is 13.3. The van der Waals surface area contributed by atoms with E-state index < -0.39 is 0 Å². The van der Waals surface area contributed by atoms with Crippen LogP contribution >= 0.6 is 0 Å². The van der Waals surface area contributed by atoms with Gasteiger partial charge in [-0.05, 0) is 31.5 Å². The monoisotopic (exact) mass is 442 g/mol. The van der Waals surface area contributed by atoms with E-state index in [0.29, 0.717) is 11.3 Å². The van der Waals surface area contributed by atoms with Crippen molar-refractivity contribution in [2.24, 2.45) is 0 Å². The minimum absolute atomic E-state index is 0.350. The van der Waals surface area contributed by atoms with Crippen LogP contribution in [0.1, 0.15) is 27.8 Å². The Labute approximate surface area is 197 Å². The first-order chi connectivity index (χ1) is 16.6. The van der Waals surface area contributed by atoms with Crippen molar-refractivity contribution in [1.82, 2.24) is 0 Å². The third-order valence-corrected chi connectivity index (χ3v) is 6.31. The number of ether oxygens (including phenoxy) is 1. The van der Waals surface area contributed by atoms with Crippen molar-refractivity contribution in [2.75, 3.05) is 0 Å². The number of carbonyl (C=O) groups excluding carboxylic acids is 1. The Morgan fingerprint density at radius 2 is 1.35 bits per heavy atom. The molecule has 4 aromatic carbocycles. The van der Waals surface area contributed by atoms with E-state index >= 15 is 0 Å². The van der Waals surface area contributed by atoms with Crippen LogP contribution in [0.25, 0.3) is 33.4 Å². The van der Waals surface area contributed by atoms with E-state index in [-0.39, 0.29) is 5.97 Å². The van der Waals surface area contributed by atoms with E-state index in [9.17, 15) is 4.79 Å². The second kappa shape index (κ2) is 7.89. The highest BCUT2D eigenvalue weighted by Gasteiger charge is 2.33. The van der Waals surface area contributed by atoms with Gasteiger partial charge in [0.2, 0.25) is 0 Å². The second-order valence-corrected chi connectivity index (χ2v) is 8.67. The number of aryl methyl sites for hydroxylation is 2. The predicted molar refractivity (Wildman–Crippen MR) is 136 cm³/mol. The van der Waals surface area contributed by atoms with Crippen molar-refractivity contribution in [3.8, 4) is 17.1 Å². The van der Waals surface area contributed by atoms with Gasteiger partial charge in [-0.15, -0.1) is 0 Å². The normalized spacial score (nSPS) is 14.2. The van der Waals surface area contributed by atoms with Crippen molar-refractivity contribution in [3.63, 3.8) is 0 Å². The molecule has 34 heavy (non-hydrogen) atoms. The number of carbonyl (C=O) groups is 1. The molecule has 6 rings (SSSR count). The number of rotatable bonds is 3. The van der Waals surface area contributed by atoms with Crippen molar-refractivity contribution in [3.05, 3.63) is 125 Å². The standard InChI is InChI=1S/C31H22O3/c1-19-11-15-21(16-12-19)27(29-24-8-4-6-10-26(24)34-31(29)32)28-23-7-3-5-9-25(23)33-30(28)22-17-13-20(2)14-18-22/h3-18H,1-2H3/b29-27-. The Bertz CT molecular complexity index is 1580. The lowest BCUT2D eigenvalue weighted by Crippen LogP contribution is -2.05. The Kier molecular flexibility index (Phi) is 4.70. The lowest BCUT2D eigenvalue weighted by molar-refractivity contribution is -0.126. The molecule has 0 spiro atoms. The molecule has 0 saturated heterocycles. The number of furan rings is 1. The van der Waals surface area contributed by atoms with Crippen LogP contribution in [0.3, 0.4) is 0 Å². The zero-order valence-corrected chi connectivity index (χ0v) is 19.0. The zero-order chi connectivity index (χ0) is 23.2. The Balaban J connectivity index is 1.76. The highest BCUT2D eigenvalue weighted by atomic mass is 16.5. The topological polar surface area (TPSA) is 39.4 Å². The molecular formula is C31H22O3. The molecule has 0 bridgehead atoms.